The van der Waals surface area contributed by atoms with Gasteiger partial charge in [0.15, 0.2) is 10.8 Å². The molecular weight excluding hydrogens is 322 g/mol. The Labute approximate surface area is 143 Å². The van der Waals surface area contributed by atoms with Crippen LogP contribution in [0.5, 0.6) is 0 Å². The van der Waals surface area contributed by atoms with Crippen molar-refractivity contribution >= 4 is 27.5 Å². The van der Waals surface area contributed by atoms with Gasteiger partial charge in [-0.25, -0.2) is 4.98 Å². The van der Waals surface area contributed by atoms with Crippen LogP contribution in [0.1, 0.15) is 31.4 Å². The minimum absolute atomic E-state index is 0.0852. The molecule has 1 amide bonds. The summed E-state index contributed by atoms with van der Waals surface area (Å²) in [4.78, 5) is 16.8. The molecule has 124 valence electrons. The largest absolute Gasteiger partial charge is 0.457 e. The number of aromatic nitrogens is 1. The van der Waals surface area contributed by atoms with Crippen LogP contribution < -0.4 is 11.1 Å². The molecule has 3 N–H and O–H groups in total. The minimum Gasteiger partial charge on any atom is -0.457 e. The lowest BCUT2D eigenvalue weighted by atomic mass is 9.98. The average molecular weight is 341 g/mol. The first-order valence-corrected chi connectivity index (χ1v) is 8.98. The van der Waals surface area contributed by atoms with E-state index in [1.54, 1.807) is 11.3 Å². The number of nitrogens with two attached hydrogens (primary N) is 1. The zero-order valence-electron chi connectivity index (χ0n) is 13.2. The van der Waals surface area contributed by atoms with Crippen molar-refractivity contribution in [2.24, 2.45) is 5.73 Å². The molecule has 0 unspecified atom stereocenters. The monoisotopic (exact) mass is 341 g/mol. The van der Waals surface area contributed by atoms with E-state index in [4.69, 9.17) is 10.2 Å². The molecule has 1 aromatic carbocycles. The molecule has 0 radical (unpaired) electrons. The number of benzene rings is 1. The van der Waals surface area contributed by atoms with Gasteiger partial charge in [0, 0.05) is 0 Å². The van der Waals surface area contributed by atoms with Crippen molar-refractivity contribution in [3.8, 4) is 10.8 Å². The van der Waals surface area contributed by atoms with Gasteiger partial charge in [0.1, 0.15) is 5.76 Å². The van der Waals surface area contributed by atoms with Crippen LogP contribution in [0.25, 0.3) is 21.0 Å². The first-order chi connectivity index (χ1) is 11.6. The second kappa shape index (κ2) is 6.03. The topological polar surface area (TPSA) is 81.2 Å². The van der Waals surface area contributed by atoms with E-state index in [9.17, 15) is 4.79 Å². The number of carbonyl (C=O) groups is 1. The molecule has 3 aromatic rings. The van der Waals surface area contributed by atoms with Crippen LogP contribution in [0.15, 0.2) is 40.8 Å². The van der Waals surface area contributed by atoms with Gasteiger partial charge in [-0.05, 0) is 37.1 Å². The second-order valence-electron chi connectivity index (χ2n) is 6.30. The quantitative estimate of drug-likeness (QED) is 0.761. The van der Waals surface area contributed by atoms with Crippen LogP contribution in [0.3, 0.4) is 0 Å². The van der Waals surface area contributed by atoms with Gasteiger partial charge in [0.25, 0.3) is 0 Å². The Morgan fingerprint density at radius 2 is 2.04 bits per heavy atom. The number of amides is 1. The zero-order valence-corrected chi connectivity index (χ0v) is 14.1. The van der Waals surface area contributed by atoms with Crippen molar-refractivity contribution in [3.05, 3.63) is 42.2 Å². The number of thiazole rings is 1. The van der Waals surface area contributed by atoms with E-state index in [1.807, 2.05) is 36.4 Å². The van der Waals surface area contributed by atoms with Gasteiger partial charge in [-0.3, -0.25) is 4.79 Å². The number of rotatable bonds is 4. The fraction of sp³-hybridized carbons (Fsp3) is 0.333. The van der Waals surface area contributed by atoms with Gasteiger partial charge < -0.3 is 15.5 Å². The van der Waals surface area contributed by atoms with Crippen LogP contribution in [0.4, 0.5) is 0 Å². The van der Waals surface area contributed by atoms with Gasteiger partial charge in [-0.1, -0.05) is 25.0 Å². The summed E-state index contributed by atoms with van der Waals surface area (Å²) >= 11 is 1.60. The smallest absolute Gasteiger partial charge is 0.240 e. The highest BCUT2D eigenvalue weighted by Crippen LogP contribution is 2.31. The maximum Gasteiger partial charge on any atom is 0.240 e. The number of hydrogen-bond acceptors (Lipinski definition) is 5. The number of furan rings is 1. The Balaban J connectivity index is 1.46. The lowest BCUT2D eigenvalue weighted by Crippen LogP contribution is -2.51. The predicted octanol–water partition coefficient (Wildman–Crippen LogP) is 3.44. The number of para-hydroxylation sites is 1. The van der Waals surface area contributed by atoms with Gasteiger partial charge in [-0.2, -0.15) is 0 Å². The molecule has 2 heterocycles. The third-order valence-electron chi connectivity index (χ3n) is 4.54. The first-order valence-electron chi connectivity index (χ1n) is 8.16. The Morgan fingerprint density at radius 1 is 1.25 bits per heavy atom. The summed E-state index contributed by atoms with van der Waals surface area (Å²) < 4.78 is 6.97. The van der Waals surface area contributed by atoms with Gasteiger partial charge in [0.05, 0.1) is 22.3 Å². The van der Waals surface area contributed by atoms with Crippen LogP contribution in [0.2, 0.25) is 0 Å². The van der Waals surface area contributed by atoms with E-state index in [0.717, 1.165) is 46.7 Å². The molecular formula is C18H19N3O2S. The molecule has 2 aromatic heterocycles. The Bertz CT molecular complexity index is 844. The van der Waals surface area contributed by atoms with E-state index >= 15 is 0 Å². The van der Waals surface area contributed by atoms with Gasteiger partial charge >= 0.3 is 0 Å². The molecule has 4 rings (SSSR count). The van der Waals surface area contributed by atoms with Crippen molar-refractivity contribution in [1.82, 2.24) is 10.3 Å². The third-order valence-corrected chi connectivity index (χ3v) is 5.59. The van der Waals surface area contributed by atoms with Crippen LogP contribution >= 0.6 is 11.3 Å². The first kappa shape index (κ1) is 15.4. The number of nitrogens with one attached hydrogen (secondary N) is 1. The van der Waals surface area contributed by atoms with Crippen LogP contribution in [0, 0.1) is 0 Å². The highest BCUT2D eigenvalue weighted by Gasteiger charge is 2.36. The summed E-state index contributed by atoms with van der Waals surface area (Å²) in [5, 5.41) is 3.75. The lowest BCUT2D eigenvalue weighted by molar-refractivity contribution is -0.126. The van der Waals surface area contributed by atoms with Gasteiger partial charge in [0.2, 0.25) is 5.91 Å². The minimum atomic E-state index is -0.706. The Morgan fingerprint density at radius 3 is 2.83 bits per heavy atom. The van der Waals surface area contributed by atoms with Crippen LogP contribution in [-0.2, 0) is 11.3 Å². The summed E-state index contributed by atoms with van der Waals surface area (Å²) in [7, 11) is 0. The van der Waals surface area contributed by atoms with Crippen molar-refractivity contribution in [1.29, 1.82) is 0 Å². The maximum atomic E-state index is 12.2. The summed E-state index contributed by atoms with van der Waals surface area (Å²) in [5.41, 5.74) is 6.42. The molecule has 1 fully saturated rings. The van der Waals surface area contributed by atoms with Crippen molar-refractivity contribution < 1.29 is 9.21 Å². The Hall–Kier alpha value is -2.18. The Kier molecular flexibility index (Phi) is 3.86. The van der Waals surface area contributed by atoms with Crippen molar-refractivity contribution in [2.45, 2.75) is 37.8 Å². The summed E-state index contributed by atoms with van der Waals surface area (Å²) in [6.07, 6.45) is 3.56. The number of nitrogens with zero attached hydrogens (tertiary/aromatic N) is 1. The lowest BCUT2D eigenvalue weighted by Gasteiger charge is -2.21. The van der Waals surface area contributed by atoms with E-state index in [2.05, 4.69) is 10.3 Å². The van der Waals surface area contributed by atoms with E-state index in [1.165, 1.54) is 0 Å². The van der Waals surface area contributed by atoms with E-state index < -0.39 is 5.54 Å². The van der Waals surface area contributed by atoms with E-state index in [-0.39, 0.29) is 5.91 Å². The van der Waals surface area contributed by atoms with Crippen molar-refractivity contribution in [3.63, 3.8) is 0 Å². The maximum absolute atomic E-state index is 12.2. The van der Waals surface area contributed by atoms with Crippen LogP contribution in [-0.4, -0.2) is 16.4 Å². The highest BCUT2D eigenvalue weighted by atomic mass is 32.1. The molecule has 0 saturated heterocycles. The molecule has 6 heteroatoms. The highest BCUT2D eigenvalue weighted by molar-refractivity contribution is 7.21. The normalized spacial score (nSPS) is 16.5. The van der Waals surface area contributed by atoms with Crippen molar-refractivity contribution in [2.75, 3.05) is 0 Å². The predicted molar refractivity (Wildman–Crippen MR) is 94.6 cm³/mol. The van der Waals surface area contributed by atoms with E-state index in [0.29, 0.717) is 12.3 Å². The zero-order chi connectivity index (χ0) is 16.6. The second-order valence-corrected chi connectivity index (χ2v) is 7.33. The molecule has 5 nitrogen and oxygen atoms in total. The number of fused-ring (bicyclic) bond motifs is 1. The molecule has 1 saturated carbocycles. The summed E-state index contributed by atoms with van der Waals surface area (Å²) in [6, 6.07) is 11.8. The molecule has 0 atom stereocenters. The SMILES string of the molecule is NC1(C(=O)NCc2ccc(-c3nc4ccccc4s3)o2)CCCC1. The number of hydrogen-bond donors (Lipinski definition) is 2. The third kappa shape index (κ3) is 2.83. The molecule has 1 aliphatic carbocycles. The molecule has 1 aliphatic rings. The number of carbonyl (C=O) groups excluding carboxylic acids is 1. The fourth-order valence-corrected chi connectivity index (χ4v) is 4.07. The molecule has 0 bridgehead atoms. The standard InChI is InChI=1S/C18H19N3O2S/c19-18(9-3-4-10-18)17(22)20-11-12-7-8-14(23-12)16-21-13-5-1-2-6-15(13)24-16/h1-2,5-8H,3-4,9-11,19H2,(H,20,22). The molecule has 0 aliphatic heterocycles. The molecule has 0 spiro atoms. The summed E-state index contributed by atoms with van der Waals surface area (Å²) in [5.74, 6) is 1.35. The average Bonchev–Trinajstić information content (AvgIpc) is 3.31. The molecule has 24 heavy (non-hydrogen) atoms. The fourth-order valence-electron chi connectivity index (χ4n) is 3.14. The van der Waals surface area contributed by atoms with Gasteiger partial charge in [-0.15, -0.1) is 11.3 Å². The summed E-state index contributed by atoms with van der Waals surface area (Å²) in [6.45, 7) is 0.350.